The first-order valence-corrected chi connectivity index (χ1v) is 7.71. The van der Waals surface area contributed by atoms with Crippen LogP contribution in [0.3, 0.4) is 0 Å². The summed E-state index contributed by atoms with van der Waals surface area (Å²) < 4.78 is 39.7. The number of alkyl halides is 3. The maximum absolute atomic E-state index is 12.7. The fourth-order valence-corrected chi connectivity index (χ4v) is 2.57. The maximum atomic E-state index is 12.7. The van der Waals surface area contributed by atoms with E-state index < -0.39 is 18.6 Å². The van der Waals surface area contributed by atoms with Gasteiger partial charge in [-0.25, -0.2) is 4.68 Å². The Balaban J connectivity index is 2.35. The summed E-state index contributed by atoms with van der Waals surface area (Å²) >= 11 is 0. The molecule has 1 aromatic carbocycles. The van der Waals surface area contributed by atoms with Crippen molar-refractivity contribution in [2.45, 2.75) is 33.4 Å². The molecule has 0 aliphatic carbocycles. The normalized spacial score (nSPS) is 11.6. The summed E-state index contributed by atoms with van der Waals surface area (Å²) in [5.74, 6) is -0.647. The molecule has 0 N–H and O–H groups in total. The number of benzene rings is 1. The fraction of sp³-hybridized carbons (Fsp3) is 0.412. The number of halogens is 3. The first-order chi connectivity index (χ1) is 11.2. The van der Waals surface area contributed by atoms with Gasteiger partial charge in [0.1, 0.15) is 6.54 Å². The molecule has 4 nitrogen and oxygen atoms in total. The molecule has 2 rings (SSSR count). The Kier molecular flexibility index (Phi) is 5.31. The maximum Gasteiger partial charge on any atom is 0.406 e. The van der Waals surface area contributed by atoms with Crippen LogP contribution in [0.5, 0.6) is 0 Å². The van der Waals surface area contributed by atoms with E-state index in [1.54, 1.807) is 18.5 Å². The Bertz CT molecular complexity index is 722. The lowest BCUT2D eigenvalue weighted by molar-refractivity contribution is -0.140. The van der Waals surface area contributed by atoms with Gasteiger partial charge in [0.05, 0.1) is 23.1 Å². The van der Waals surface area contributed by atoms with Gasteiger partial charge in [0.2, 0.25) is 0 Å². The molecule has 0 bridgehead atoms. The fourth-order valence-electron chi connectivity index (χ4n) is 2.57. The molecule has 0 saturated carbocycles. The van der Waals surface area contributed by atoms with E-state index in [0.717, 1.165) is 16.2 Å². The predicted molar refractivity (Wildman–Crippen MR) is 85.3 cm³/mol. The predicted octanol–water partition coefficient (Wildman–Crippen LogP) is 3.90. The van der Waals surface area contributed by atoms with Crippen molar-refractivity contribution in [3.63, 3.8) is 0 Å². The van der Waals surface area contributed by atoms with Crippen LogP contribution in [0.2, 0.25) is 0 Å². The summed E-state index contributed by atoms with van der Waals surface area (Å²) in [5, 5.41) is 4.19. The van der Waals surface area contributed by atoms with Crippen LogP contribution in [0.1, 0.15) is 35.0 Å². The monoisotopic (exact) mass is 339 g/mol. The molecular weight excluding hydrogens is 319 g/mol. The Morgan fingerprint density at radius 2 is 1.92 bits per heavy atom. The number of hydrogen-bond acceptors (Lipinski definition) is 2. The third kappa shape index (κ3) is 3.96. The molecule has 0 saturated heterocycles. The number of rotatable bonds is 5. The van der Waals surface area contributed by atoms with Gasteiger partial charge in [-0.1, -0.05) is 25.1 Å². The first-order valence-electron chi connectivity index (χ1n) is 7.71. The Labute approximate surface area is 138 Å². The molecule has 7 heteroatoms. The molecule has 0 aliphatic rings. The van der Waals surface area contributed by atoms with E-state index >= 15 is 0 Å². The molecule has 0 aliphatic heterocycles. The average Bonchev–Trinajstić information content (AvgIpc) is 2.87. The summed E-state index contributed by atoms with van der Waals surface area (Å²) in [6.07, 6.45) is -2.64. The highest BCUT2D eigenvalue weighted by molar-refractivity contribution is 5.95. The number of aromatic nitrogens is 2. The minimum atomic E-state index is -4.43. The number of carbonyl (C=O) groups excluding carboxylic acids is 1. The van der Waals surface area contributed by atoms with Gasteiger partial charge in [-0.05, 0) is 31.9 Å². The zero-order valence-corrected chi connectivity index (χ0v) is 13.9. The molecule has 0 unspecified atom stereocenters. The van der Waals surface area contributed by atoms with Crippen molar-refractivity contribution < 1.29 is 18.0 Å². The second-order valence-corrected chi connectivity index (χ2v) is 5.68. The second kappa shape index (κ2) is 7.07. The molecule has 0 spiro atoms. The molecule has 0 fully saturated rings. The van der Waals surface area contributed by atoms with Crippen molar-refractivity contribution in [2.75, 3.05) is 13.1 Å². The van der Waals surface area contributed by atoms with Gasteiger partial charge in [0, 0.05) is 6.54 Å². The molecule has 1 amide bonds. The van der Waals surface area contributed by atoms with Crippen LogP contribution in [0.25, 0.3) is 5.69 Å². The Morgan fingerprint density at radius 3 is 2.50 bits per heavy atom. The minimum Gasteiger partial charge on any atom is -0.329 e. The molecular formula is C17H20F3N3O. The van der Waals surface area contributed by atoms with E-state index in [4.69, 9.17) is 0 Å². The Morgan fingerprint density at radius 1 is 1.25 bits per heavy atom. The lowest BCUT2D eigenvalue weighted by Gasteiger charge is -2.23. The topological polar surface area (TPSA) is 38.1 Å². The van der Waals surface area contributed by atoms with Gasteiger partial charge in [-0.2, -0.15) is 18.3 Å². The van der Waals surface area contributed by atoms with Crippen LogP contribution >= 0.6 is 0 Å². The van der Waals surface area contributed by atoms with E-state index in [2.05, 4.69) is 5.10 Å². The first kappa shape index (κ1) is 18.0. The zero-order chi connectivity index (χ0) is 17.9. The number of aryl methyl sites for hydroxylation is 1. The molecule has 130 valence electrons. The molecule has 24 heavy (non-hydrogen) atoms. The van der Waals surface area contributed by atoms with Crippen LogP contribution in [0, 0.1) is 13.8 Å². The number of para-hydroxylation sites is 1. The van der Waals surface area contributed by atoms with Crippen molar-refractivity contribution in [2.24, 2.45) is 0 Å². The van der Waals surface area contributed by atoms with Gasteiger partial charge in [0.15, 0.2) is 0 Å². The zero-order valence-electron chi connectivity index (χ0n) is 13.9. The van der Waals surface area contributed by atoms with Gasteiger partial charge in [0.25, 0.3) is 5.91 Å². The van der Waals surface area contributed by atoms with E-state index in [0.29, 0.717) is 12.1 Å². The highest BCUT2D eigenvalue weighted by Gasteiger charge is 2.34. The molecule has 0 radical (unpaired) electrons. The smallest absolute Gasteiger partial charge is 0.329 e. The quantitative estimate of drug-likeness (QED) is 0.828. The third-order valence-corrected chi connectivity index (χ3v) is 3.73. The average molecular weight is 339 g/mol. The van der Waals surface area contributed by atoms with Gasteiger partial charge in [-0.3, -0.25) is 4.79 Å². The van der Waals surface area contributed by atoms with Crippen LogP contribution in [0.15, 0.2) is 30.5 Å². The number of carbonyl (C=O) groups is 1. The lowest BCUT2D eigenvalue weighted by Crippen LogP contribution is -2.39. The number of amides is 1. The molecule has 1 heterocycles. The van der Waals surface area contributed by atoms with Crippen molar-refractivity contribution in [1.29, 1.82) is 0 Å². The van der Waals surface area contributed by atoms with Gasteiger partial charge >= 0.3 is 6.18 Å². The van der Waals surface area contributed by atoms with Crippen molar-refractivity contribution in [1.82, 2.24) is 14.7 Å². The SMILES string of the molecule is CCCN(CC(F)(F)F)C(=O)c1cnn(-c2ccccc2C)c1C. The highest BCUT2D eigenvalue weighted by Crippen LogP contribution is 2.21. The third-order valence-electron chi connectivity index (χ3n) is 3.73. The summed E-state index contributed by atoms with van der Waals surface area (Å²) in [6, 6.07) is 7.49. The van der Waals surface area contributed by atoms with Crippen LogP contribution < -0.4 is 0 Å². The lowest BCUT2D eigenvalue weighted by atomic mass is 10.2. The molecule has 1 aromatic heterocycles. The molecule has 2 aromatic rings. The van der Waals surface area contributed by atoms with Crippen molar-refractivity contribution in [3.8, 4) is 5.69 Å². The van der Waals surface area contributed by atoms with Gasteiger partial charge in [-0.15, -0.1) is 0 Å². The highest BCUT2D eigenvalue weighted by atomic mass is 19.4. The largest absolute Gasteiger partial charge is 0.406 e. The summed E-state index contributed by atoms with van der Waals surface area (Å²) in [4.78, 5) is 13.4. The summed E-state index contributed by atoms with van der Waals surface area (Å²) in [5.41, 5.74) is 2.48. The number of nitrogens with zero attached hydrogens (tertiary/aromatic N) is 3. The molecule has 0 atom stereocenters. The van der Waals surface area contributed by atoms with Crippen molar-refractivity contribution >= 4 is 5.91 Å². The van der Waals surface area contributed by atoms with E-state index in [9.17, 15) is 18.0 Å². The van der Waals surface area contributed by atoms with E-state index in [1.165, 1.54) is 6.20 Å². The summed E-state index contributed by atoms with van der Waals surface area (Å²) in [7, 11) is 0. The van der Waals surface area contributed by atoms with Crippen molar-refractivity contribution in [3.05, 3.63) is 47.3 Å². The van der Waals surface area contributed by atoms with Crippen LogP contribution in [-0.4, -0.2) is 39.9 Å². The second-order valence-electron chi connectivity index (χ2n) is 5.68. The Hall–Kier alpha value is -2.31. The van der Waals surface area contributed by atoms with Crippen LogP contribution in [0.4, 0.5) is 13.2 Å². The standard InChI is InChI=1S/C17H20F3N3O/c1-4-9-22(11-17(18,19)20)16(24)14-10-21-23(13(14)3)15-8-6-5-7-12(15)2/h5-8,10H,4,9,11H2,1-3H3. The van der Waals surface area contributed by atoms with E-state index in [1.807, 2.05) is 31.2 Å². The summed E-state index contributed by atoms with van der Waals surface area (Å²) in [6.45, 7) is 4.12. The van der Waals surface area contributed by atoms with Crippen LogP contribution in [-0.2, 0) is 0 Å². The minimum absolute atomic E-state index is 0.0489. The van der Waals surface area contributed by atoms with E-state index in [-0.39, 0.29) is 12.1 Å². The number of hydrogen-bond donors (Lipinski definition) is 0. The van der Waals surface area contributed by atoms with Gasteiger partial charge < -0.3 is 4.90 Å².